The van der Waals surface area contributed by atoms with Crippen LogP contribution in [0, 0.1) is 11.3 Å². The number of halogens is 3. The van der Waals surface area contributed by atoms with Gasteiger partial charge in [-0.05, 0) is 0 Å². The van der Waals surface area contributed by atoms with E-state index in [-0.39, 0.29) is 0 Å². The standard InChI is InChI=1S/C6H12.C2H3N.CHCl3/c1-2-4-6-5-3-1;1-2-3;2-1(3)4/h1-6H2;1H3;1H. The Labute approximate surface area is 96.0 Å². The van der Waals surface area contributed by atoms with E-state index in [2.05, 4.69) is 0 Å². The van der Waals surface area contributed by atoms with E-state index < -0.39 is 4.30 Å². The van der Waals surface area contributed by atoms with Crippen molar-refractivity contribution in [3.05, 3.63) is 0 Å². The minimum Gasteiger partial charge on any atom is -0.199 e. The molecule has 0 heterocycles. The van der Waals surface area contributed by atoms with Gasteiger partial charge in [-0.3, -0.25) is 0 Å². The van der Waals surface area contributed by atoms with Crippen LogP contribution in [0.2, 0.25) is 0 Å². The second kappa shape index (κ2) is 14.9. The highest BCUT2D eigenvalue weighted by atomic mass is 35.6. The Morgan fingerprint density at radius 3 is 1.08 bits per heavy atom. The predicted molar refractivity (Wildman–Crippen MR) is 60.3 cm³/mol. The van der Waals surface area contributed by atoms with E-state index in [1.54, 1.807) is 6.07 Å². The van der Waals surface area contributed by atoms with Gasteiger partial charge in [-0.2, -0.15) is 5.26 Å². The molecule has 0 aromatic heterocycles. The van der Waals surface area contributed by atoms with Crippen LogP contribution in [-0.4, -0.2) is 4.30 Å². The van der Waals surface area contributed by atoms with Crippen LogP contribution >= 0.6 is 34.8 Å². The fourth-order valence-electron chi connectivity index (χ4n) is 1.06. The van der Waals surface area contributed by atoms with Gasteiger partial charge < -0.3 is 0 Å². The summed E-state index contributed by atoms with van der Waals surface area (Å²) in [5, 5.41) is 7.32. The minimum atomic E-state index is -0.750. The number of rotatable bonds is 0. The van der Waals surface area contributed by atoms with Crippen molar-refractivity contribution in [3.8, 4) is 6.07 Å². The lowest BCUT2D eigenvalue weighted by Gasteiger charge is -2.05. The number of hydrogen-bond acceptors (Lipinski definition) is 1. The van der Waals surface area contributed by atoms with Crippen molar-refractivity contribution < 1.29 is 0 Å². The Morgan fingerprint density at radius 1 is 0.923 bits per heavy atom. The lowest BCUT2D eigenvalue weighted by atomic mass is 10.0. The normalized spacial score (nSPS) is 14.5. The lowest BCUT2D eigenvalue weighted by Crippen LogP contribution is -1.85. The molecule has 0 atom stereocenters. The molecule has 78 valence electrons. The summed E-state index contributed by atoms with van der Waals surface area (Å²) < 4.78 is -0.750. The summed E-state index contributed by atoms with van der Waals surface area (Å²) >= 11 is 14.4. The van der Waals surface area contributed by atoms with Crippen molar-refractivity contribution in [1.29, 1.82) is 5.26 Å². The third-order valence-corrected chi connectivity index (χ3v) is 1.50. The van der Waals surface area contributed by atoms with Crippen molar-refractivity contribution in [2.24, 2.45) is 0 Å². The Morgan fingerprint density at radius 2 is 1.00 bits per heavy atom. The zero-order valence-corrected chi connectivity index (χ0v) is 10.2. The monoisotopic (exact) mass is 243 g/mol. The number of alkyl halides is 3. The van der Waals surface area contributed by atoms with Crippen LogP contribution in [0.4, 0.5) is 0 Å². The highest BCUT2D eigenvalue weighted by Crippen LogP contribution is 2.15. The average Bonchev–Trinajstić information content (AvgIpc) is 2.08. The Kier molecular flexibility index (Phi) is 18.1. The molecule has 0 bridgehead atoms. The quantitative estimate of drug-likeness (QED) is 0.559. The van der Waals surface area contributed by atoms with E-state index in [4.69, 9.17) is 40.1 Å². The molecular weight excluding hydrogens is 228 g/mol. The maximum Gasteiger partial charge on any atom is 0.180 e. The summed E-state index contributed by atoms with van der Waals surface area (Å²) in [6.07, 6.45) is 9.00. The molecular formula is C9H16Cl3N. The topological polar surface area (TPSA) is 23.8 Å². The summed E-state index contributed by atoms with van der Waals surface area (Å²) in [6.45, 7) is 1.43. The molecule has 4 heteroatoms. The number of hydrogen-bond donors (Lipinski definition) is 0. The third kappa shape index (κ3) is 32.8. The van der Waals surface area contributed by atoms with E-state index >= 15 is 0 Å². The fraction of sp³-hybridized carbons (Fsp3) is 0.889. The SMILES string of the molecule is C1CCCCC1.CC#N.ClC(Cl)Cl. The first-order chi connectivity index (χ1) is 6.15. The summed E-state index contributed by atoms with van der Waals surface area (Å²) in [6, 6.07) is 1.75. The smallest absolute Gasteiger partial charge is 0.180 e. The molecule has 1 rings (SSSR count). The fourth-order valence-corrected chi connectivity index (χ4v) is 1.06. The molecule has 0 spiro atoms. The molecule has 1 aliphatic rings. The minimum absolute atomic E-state index is 0.750. The van der Waals surface area contributed by atoms with Gasteiger partial charge in [0.15, 0.2) is 4.30 Å². The first-order valence-corrected chi connectivity index (χ1v) is 5.69. The molecule has 0 unspecified atom stereocenters. The molecule has 0 radical (unpaired) electrons. The summed E-state index contributed by atoms with van der Waals surface area (Å²) in [4.78, 5) is 0. The highest BCUT2D eigenvalue weighted by Gasteiger charge is 1.95. The van der Waals surface area contributed by atoms with Gasteiger partial charge in [-0.1, -0.05) is 73.3 Å². The molecule has 0 aliphatic heterocycles. The zero-order valence-electron chi connectivity index (χ0n) is 7.90. The maximum atomic E-state index is 7.32. The van der Waals surface area contributed by atoms with E-state index in [1.165, 1.54) is 45.4 Å². The number of nitriles is 1. The van der Waals surface area contributed by atoms with Crippen LogP contribution in [-0.2, 0) is 0 Å². The van der Waals surface area contributed by atoms with Crippen molar-refractivity contribution in [2.45, 2.75) is 49.7 Å². The molecule has 0 aromatic carbocycles. The molecule has 1 aliphatic carbocycles. The third-order valence-electron chi connectivity index (χ3n) is 1.50. The molecule has 0 aromatic rings. The van der Waals surface area contributed by atoms with Crippen molar-refractivity contribution in [1.82, 2.24) is 0 Å². The van der Waals surface area contributed by atoms with Gasteiger partial charge in [0.05, 0.1) is 6.07 Å². The molecule has 0 N–H and O–H groups in total. The number of nitrogens with zero attached hydrogens (tertiary/aromatic N) is 1. The van der Waals surface area contributed by atoms with Crippen LogP contribution in [0.25, 0.3) is 0 Å². The Bertz CT molecular complexity index is 102. The summed E-state index contributed by atoms with van der Waals surface area (Å²) in [5.41, 5.74) is 0. The van der Waals surface area contributed by atoms with Gasteiger partial charge in [0.25, 0.3) is 0 Å². The summed E-state index contributed by atoms with van der Waals surface area (Å²) in [7, 11) is 0. The Hall–Kier alpha value is 0.360. The molecule has 0 amide bonds. The van der Waals surface area contributed by atoms with Crippen molar-refractivity contribution in [3.63, 3.8) is 0 Å². The van der Waals surface area contributed by atoms with Crippen LogP contribution < -0.4 is 0 Å². The van der Waals surface area contributed by atoms with E-state index in [0.29, 0.717) is 0 Å². The largest absolute Gasteiger partial charge is 0.199 e. The first-order valence-electron chi connectivity index (χ1n) is 4.38. The molecule has 1 saturated carbocycles. The second-order valence-electron chi connectivity index (χ2n) is 2.59. The highest BCUT2D eigenvalue weighted by molar-refractivity contribution is 6.63. The van der Waals surface area contributed by atoms with Crippen LogP contribution in [0.15, 0.2) is 0 Å². The van der Waals surface area contributed by atoms with E-state index in [1.807, 2.05) is 0 Å². The van der Waals surface area contributed by atoms with Crippen LogP contribution in [0.3, 0.4) is 0 Å². The van der Waals surface area contributed by atoms with Crippen molar-refractivity contribution >= 4 is 34.8 Å². The lowest BCUT2D eigenvalue weighted by molar-refractivity contribution is 0.504. The van der Waals surface area contributed by atoms with Gasteiger partial charge in [0.1, 0.15) is 0 Å². The second-order valence-corrected chi connectivity index (χ2v) is 4.57. The molecule has 0 saturated heterocycles. The molecule has 13 heavy (non-hydrogen) atoms. The van der Waals surface area contributed by atoms with Gasteiger partial charge in [0.2, 0.25) is 0 Å². The van der Waals surface area contributed by atoms with Gasteiger partial charge in [0, 0.05) is 6.92 Å². The first kappa shape index (κ1) is 15.8. The van der Waals surface area contributed by atoms with E-state index in [0.717, 1.165) is 0 Å². The van der Waals surface area contributed by atoms with Gasteiger partial charge in [-0.25, -0.2) is 0 Å². The van der Waals surface area contributed by atoms with Gasteiger partial charge in [-0.15, -0.1) is 0 Å². The zero-order chi connectivity index (χ0) is 10.5. The molecule has 1 nitrogen and oxygen atoms in total. The van der Waals surface area contributed by atoms with Crippen LogP contribution in [0.1, 0.15) is 45.4 Å². The maximum absolute atomic E-state index is 7.32. The van der Waals surface area contributed by atoms with Crippen LogP contribution in [0.5, 0.6) is 0 Å². The molecule has 1 fully saturated rings. The predicted octanol–water partition coefficient (Wildman–Crippen LogP) is 4.86. The van der Waals surface area contributed by atoms with Crippen molar-refractivity contribution in [2.75, 3.05) is 0 Å². The van der Waals surface area contributed by atoms with E-state index in [9.17, 15) is 0 Å². The van der Waals surface area contributed by atoms with Gasteiger partial charge >= 0.3 is 0 Å². The average molecular weight is 245 g/mol. The Balaban J connectivity index is 0. The summed E-state index contributed by atoms with van der Waals surface area (Å²) in [5.74, 6) is 0.